The van der Waals surface area contributed by atoms with E-state index in [1.807, 2.05) is 26.8 Å². The monoisotopic (exact) mass is 1180 g/mol. The minimum absolute atomic E-state index is 0.0115. The fraction of sp³-hybridized carbons (Fsp3) is 0.583. The van der Waals surface area contributed by atoms with E-state index in [9.17, 15) is 43.5 Å². The number of nitrogens with zero attached hydrogens (tertiary/aromatic N) is 2. The lowest BCUT2D eigenvalue weighted by Crippen LogP contribution is -2.53. The molecule has 6 rings (SSSR count). The fourth-order valence-electron chi connectivity index (χ4n) is 11.1. The number of ether oxygens (including phenoxy) is 5. The summed E-state index contributed by atoms with van der Waals surface area (Å²) in [5.41, 5.74) is 5.30. The summed E-state index contributed by atoms with van der Waals surface area (Å²) in [7, 11) is 4.49. The number of nitrogens with two attached hydrogens (primary N) is 1. The van der Waals surface area contributed by atoms with Gasteiger partial charge in [0.15, 0.2) is 5.78 Å². The van der Waals surface area contributed by atoms with Crippen LogP contribution >= 0.6 is 23.8 Å². The number of urea groups is 1. The topological polar surface area (TPSA) is 275 Å². The van der Waals surface area contributed by atoms with Crippen LogP contribution in [0, 0.1) is 23.7 Å². The number of epoxide rings is 1. The SMILES string of the molecule is COc1cc2cc(c1Cl)N(C)C(=O)C[C@H](OC(=O)Nc1ccc(CC(=O)[C@H](CCCNC(N)=O)NC(=O)[C@@H](CC(=S)CCCCCN3C(=O)CC(C)C3=O)C(C)C)cc1)[C@]1(C)O[C@H]1[C@H](C)[C@@H]1C[C@@](O)(CC(=O)O1)[C@H](OC)/C=C/C=C(\C)C2. The average molecular weight is 1180 g/mol. The van der Waals surface area contributed by atoms with E-state index in [0.717, 1.165) is 24.0 Å². The molecule has 4 aliphatic rings. The molecule has 4 aliphatic heterocycles. The number of allylic oxidation sites excluding steroid dienone is 3. The number of benzene rings is 2. The summed E-state index contributed by atoms with van der Waals surface area (Å²) in [4.78, 5) is 109. The van der Waals surface area contributed by atoms with Crippen molar-refractivity contribution in [3.63, 3.8) is 0 Å². The van der Waals surface area contributed by atoms with Crippen molar-refractivity contribution in [3.8, 4) is 5.75 Å². The number of likely N-dealkylation sites (tertiary alicyclic amines) is 1. The summed E-state index contributed by atoms with van der Waals surface area (Å²) in [6.45, 7) is 11.6. The molecule has 4 heterocycles. The van der Waals surface area contributed by atoms with Crippen LogP contribution in [-0.2, 0) is 60.6 Å². The van der Waals surface area contributed by atoms with E-state index in [0.29, 0.717) is 66.2 Å². The Bertz CT molecular complexity index is 2770. The van der Waals surface area contributed by atoms with Crippen LogP contribution in [0.3, 0.4) is 0 Å². The van der Waals surface area contributed by atoms with Gasteiger partial charge in [0, 0.05) is 70.0 Å². The van der Waals surface area contributed by atoms with Gasteiger partial charge in [0.2, 0.25) is 23.6 Å². The molecule has 22 heteroatoms. The number of aliphatic hydroxyl groups is 1. The van der Waals surface area contributed by atoms with Gasteiger partial charge >= 0.3 is 18.1 Å². The Labute approximate surface area is 490 Å². The number of ketones is 1. The van der Waals surface area contributed by atoms with Crippen LogP contribution in [0.1, 0.15) is 123 Å². The molecule has 7 amide bonds. The molecule has 0 radical (unpaired) electrons. The van der Waals surface area contributed by atoms with Gasteiger partial charge in [0.1, 0.15) is 40.3 Å². The van der Waals surface area contributed by atoms with Gasteiger partial charge in [-0.25, -0.2) is 9.59 Å². The third kappa shape index (κ3) is 16.9. The number of hydrogen-bond donors (Lipinski definition) is 5. The molecule has 0 aromatic heterocycles. The zero-order valence-electron chi connectivity index (χ0n) is 48.5. The maximum atomic E-state index is 14.4. The molecule has 82 heavy (non-hydrogen) atoms. The second-order valence-corrected chi connectivity index (χ2v) is 23.8. The highest BCUT2D eigenvalue weighted by atomic mass is 35.5. The van der Waals surface area contributed by atoms with Crippen LogP contribution in [0.4, 0.5) is 21.0 Å². The minimum atomic E-state index is -1.63. The Hall–Kier alpha value is -6.26. The molecule has 4 bridgehead atoms. The number of carbonyl (C=O) groups excluding carboxylic acids is 8. The number of primary amides is 1. The number of unbranched alkanes of at least 4 members (excludes halogenated alkanes) is 2. The molecule has 10 atom stereocenters. The first-order valence-electron chi connectivity index (χ1n) is 28.2. The minimum Gasteiger partial charge on any atom is -0.495 e. The van der Waals surface area contributed by atoms with E-state index in [-0.39, 0.29) is 85.4 Å². The van der Waals surface area contributed by atoms with Gasteiger partial charge in [-0.05, 0) is 105 Å². The number of nitrogens with one attached hydrogen (secondary N) is 3. The first kappa shape index (κ1) is 64.9. The van der Waals surface area contributed by atoms with E-state index in [1.54, 1.807) is 76.4 Å². The van der Waals surface area contributed by atoms with Crippen LogP contribution in [0.25, 0.3) is 0 Å². The number of Topliss-reactive ketones (excluding diaryl/α,β-unsaturated/α-hetero) is 1. The molecule has 6 N–H and O–H groups in total. The molecule has 0 aliphatic carbocycles. The average Bonchev–Trinajstić information content (AvgIpc) is 2.11. The molecule has 448 valence electrons. The number of anilines is 2. The smallest absolute Gasteiger partial charge is 0.412 e. The van der Waals surface area contributed by atoms with Crippen molar-refractivity contribution in [1.82, 2.24) is 15.5 Å². The van der Waals surface area contributed by atoms with Crippen molar-refractivity contribution in [2.75, 3.05) is 44.6 Å². The van der Waals surface area contributed by atoms with Gasteiger partial charge < -0.3 is 50.1 Å². The molecular weight excluding hydrogens is 1100 g/mol. The first-order valence-corrected chi connectivity index (χ1v) is 28.9. The molecule has 2 aromatic carbocycles. The van der Waals surface area contributed by atoms with E-state index in [4.69, 9.17) is 53.2 Å². The number of methoxy groups -OCH3 is 2. The first-order chi connectivity index (χ1) is 38.8. The Morgan fingerprint density at radius 3 is 2.37 bits per heavy atom. The molecule has 2 aromatic rings. The normalized spacial score (nSPS) is 26.6. The predicted molar refractivity (Wildman–Crippen MR) is 312 cm³/mol. The van der Waals surface area contributed by atoms with Crippen molar-refractivity contribution < 1.29 is 67.1 Å². The number of thiocarbonyl (C=S) groups is 1. The van der Waals surface area contributed by atoms with Crippen molar-refractivity contribution in [2.45, 2.75) is 167 Å². The van der Waals surface area contributed by atoms with Gasteiger partial charge in [-0.15, -0.1) is 0 Å². The summed E-state index contributed by atoms with van der Waals surface area (Å²) in [5.74, 6) is -3.13. The van der Waals surface area contributed by atoms with Crippen LogP contribution in [0.15, 0.2) is 60.2 Å². The van der Waals surface area contributed by atoms with E-state index >= 15 is 0 Å². The number of fused-ring (bicyclic) bond motifs is 5. The number of carbonyl (C=O) groups is 8. The highest BCUT2D eigenvalue weighted by Gasteiger charge is 2.64. The maximum Gasteiger partial charge on any atom is 0.412 e. The molecule has 3 saturated heterocycles. The Morgan fingerprint density at radius 1 is 1.00 bits per heavy atom. The van der Waals surface area contributed by atoms with Crippen LogP contribution < -0.4 is 31.3 Å². The Kier molecular flexibility index (Phi) is 22.8. The molecular formula is C60H81ClN6O14S. The second kappa shape index (κ2) is 28.8. The predicted octanol–water partition coefficient (Wildman–Crippen LogP) is 7.66. The van der Waals surface area contributed by atoms with Gasteiger partial charge in [-0.1, -0.05) is 93.9 Å². The second-order valence-electron chi connectivity index (χ2n) is 22.9. The fourth-order valence-corrected chi connectivity index (χ4v) is 11.7. The van der Waals surface area contributed by atoms with Crippen LogP contribution in [-0.4, -0.2) is 138 Å². The maximum absolute atomic E-state index is 14.4. The molecule has 20 nitrogen and oxygen atoms in total. The summed E-state index contributed by atoms with van der Waals surface area (Å²) in [6.07, 6.45) is 4.30. The molecule has 0 spiro atoms. The largest absolute Gasteiger partial charge is 0.495 e. The summed E-state index contributed by atoms with van der Waals surface area (Å²) in [5, 5.41) is 20.4. The van der Waals surface area contributed by atoms with E-state index in [1.165, 1.54) is 24.0 Å². The third-order valence-corrected chi connectivity index (χ3v) is 16.9. The lowest BCUT2D eigenvalue weighted by Gasteiger charge is -2.41. The van der Waals surface area contributed by atoms with Gasteiger partial charge in [0.05, 0.1) is 37.8 Å². The number of amides is 7. The van der Waals surface area contributed by atoms with Crippen molar-refractivity contribution >= 4 is 87.6 Å². The molecule has 1 unspecified atom stereocenters. The highest BCUT2D eigenvalue weighted by Crippen LogP contribution is 2.50. The van der Waals surface area contributed by atoms with Crippen molar-refractivity contribution in [1.29, 1.82) is 0 Å². The van der Waals surface area contributed by atoms with Crippen LogP contribution in [0.5, 0.6) is 5.75 Å². The van der Waals surface area contributed by atoms with Crippen molar-refractivity contribution in [3.05, 3.63) is 76.3 Å². The summed E-state index contributed by atoms with van der Waals surface area (Å²) < 4.78 is 29.6. The number of esters is 1. The summed E-state index contributed by atoms with van der Waals surface area (Å²) >= 11 is 12.6. The van der Waals surface area contributed by atoms with E-state index in [2.05, 4.69) is 16.0 Å². The number of hydrogen-bond acceptors (Lipinski definition) is 15. The molecule has 0 saturated carbocycles. The molecule has 3 fully saturated rings. The lowest BCUT2D eigenvalue weighted by atomic mass is 9.78. The van der Waals surface area contributed by atoms with Gasteiger partial charge in [-0.3, -0.25) is 39.0 Å². The Morgan fingerprint density at radius 2 is 1.72 bits per heavy atom. The number of imide groups is 1. The summed E-state index contributed by atoms with van der Waals surface area (Å²) in [6, 6.07) is 8.40. The zero-order chi connectivity index (χ0) is 60.2. The Balaban J connectivity index is 1.14. The number of halogens is 1. The standard InChI is InChI=1S/C60H81ClN6O14S/c1-34(2)42(30-41(82)16-11-10-12-24-67-51(70)26-36(4)56(67)73)55(72)65-43(17-14-23-63-57(62)74)45(68)28-38-19-21-40(22-20-38)64-58(75)80-49-31-50(69)66(7)44-27-39(29-46(77-8)53(44)61)25-35(3)15-13-18-48(78-9)60(76)32-47(79-52(71)33-60)37(5)54-59(49,6)81-54/h13,15,18-22,27,29,34,36-37,42-43,47-49,54,76H,10-12,14,16-17,23-26,28,30-33H2,1-9H3,(H,64,75)(H,65,72)(H3,62,63,74)/b18-13+,35-15+/t36?,37-,42+,43+,47+,48-,49+,54+,59+,60-/m1/s1. The zero-order valence-corrected chi connectivity index (χ0v) is 50.1. The number of rotatable bonds is 22. The van der Waals surface area contributed by atoms with Crippen molar-refractivity contribution in [2.24, 2.45) is 29.4 Å². The van der Waals surface area contributed by atoms with E-state index < -0.39 is 77.5 Å². The van der Waals surface area contributed by atoms with Gasteiger partial charge in [0.25, 0.3) is 0 Å². The van der Waals surface area contributed by atoms with Crippen LogP contribution in [0.2, 0.25) is 5.02 Å². The van der Waals surface area contributed by atoms with Gasteiger partial charge in [-0.2, -0.15) is 0 Å². The lowest BCUT2D eigenvalue weighted by molar-refractivity contribution is -0.187. The quantitative estimate of drug-likeness (QED) is 0.0249. The third-order valence-electron chi connectivity index (χ3n) is 16.1. The highest BCUT2D eigenvalue weighted by molar-refractivity contribution is 7.80.